The zero-order valence-corrected chi connectivity index (χ0v) is 14.3. The fourth-order valence-electron chi connectivity index (χ4n) is 2.98. The maximum Gasteiger partial charge on any atom is 0.234 e. The maximum absolute atomic E-state index is 12.5. The lowest BCUT2D eigenvalue weighted by Gasteiger charge is -2.19. The predicted octanol–water partition coefficient (Wildman–Crippen LogP) is 3.12. The Labute approximate surface area is 142 Å². The fourth-order valence-corrected chi connectivity index (χ4v) is 2.98. The second-order valence-corrected chi connectivity index (χ2v) is 6.87. The Morgan fingerprint density at radius 3 is 2.50 bits per heavy atom. The lowest BCUT2D eigenvalue weighted by molar-refractivity contribution is -0.129. The van der Waals surface area contributed by atoms with E-state index in [9.17, 15) is 9.59 Å². The third-order valence-corrected chi connectivity index (χ3v) is 4.62. The first-order valence-electron chi connectivity index (χ1n) is 8.10. The molecular formula is C20H22N2O2. The van der Waals surface area contributed by atoms with Gasteiger partial charge in [-0.3, -0.25) is 9.59 Å². The average Bonchev–Trinajstić information content (AvgIpc) is 2.78. The molecule has 0 bridgehead atoms. The van der Waals surface area contributed by atoms with Crippen molar-refractivity contribution in [1.82, 2.24) is 4.90 Å². The van der Waals surface area contributed by atoms with Crippen molar-refractivity contribution in [3.63, 3.8) is 0 Å². The van der Waals surface area contributed by atoms with Crippen LogP contribution in [0.3, 0.4) is 0 Å². The number of hydrogen-bond donors (Lipinski definition) is 1. The van der Waals surface area contributed by atoms with Gasteiger partial charge in [0.05, 0.1) is 11.8 Å². The van der Waals surface area contributed by atoms with E-state index in [1.807, 2.05) is 69.4 Å². The molecule has 3 rings (SSSR count). The Morgan fingerprint density at radius 2 is 1.79 bits per heavy atom. The minimum Gasteiger partial charge on any atom is -0.341 e. The van der Waals surface area contributed by atoms with Gasteiger partial charge in [0.2, 0.25) is 11.8 Å². The van der Waals surface area contributed by atoms with E-state index in [2.05, 4.69) is 5.32 Å². The van der Waals surface area contributed by atoms with Crippen LogP contribution in [-0.4, -0.2) is 23.8 Å². The van der Waals surface area contributed by atoms with Crippen LogP contribution in [0.4, 0.5) is 5.69 Å². The molecular weight excluding hydrogens is 300 g/mol. The van der Waals surface area contributed by atoms with E-state index in [1.165, 1.54) is 0 Å². The van der Waals surface area contributed by atoms with Gasteiger partial charge in [0.25, 0.3) is 0 Å². The largest absolute Gasteiger partial charge is 0.341 e. The average molecular weight is 322 g/mol. The van der Waals surface area contributed by atoms with Crippen LogP contribution in [0.15, 0.2) is 48.5 Å². The summed E-state index contributed by atoms with van der Waals surface area (Å²) in [5.41, 5.74) is 3.30. The standard InChI is InChI=1S/C20H22N2O2/c1-20(2)16-11-15(9-10-17(16)21-19(20)24)12-18(23)22(3)13-14-7-5-4-6-8-14/h4-11H,12-13H2,1-3H3,(H,21,24). The van der Waals surface area contributed by atoms with Gasteiger partial charge in [-0.1, -0.05) is 42.5 Å². The van der Waals surface area contributed by atoms with Crippen molar-refractivity contribution < 1.29 is 9.59 Å². The van der Waals surface area contributed by atoms with Gasteiger partial charge < -0.3 is 10.2 Å². The van der Waals surface area contributed by atoms with Gasteiger partial charge >= 0.3 is 0 Å². The summed E-state index contributed by atoms with van der Waals surface area (Å²) in [6.45, 7) is 4.40. The summed E-state index contributed by atoms with van der Waals surface area (Å²) in [4.78, 5) is 26.2. The van der Waals surface area contributed by atoms with Gasteiger partial charge in [-0.2, -0.15) is 0 Å². The molecule has 1 aliphatic rings. The summed E-state index contributed by atoms with van der Waals surface area (Å²) in [5.74, 6) is 0.0658. The van der Waals surface area contributed by atoms with Crippen LogP contribution in [0.2, 0.25) is 0 Å². The van der Waals surface area contributed by atoms with E-state index < -0.39 is 5.41 Å². The third-order valence-electron chi connectivity index (χ3n) is 4.62. The van der Waals surface area contributed by atoms with E-state index in [-0.39, 0.29) is 11.8 Å². The SMILES string of the molecule is CN(Cc1ccccc1)C(=O)Cc1ccc2c(c1)C(C)(C)C(=O)N2. The van der Waals surface area contributed by atoms with Gasteiger partial charge in [-0.05, 0) is 36.6 Å². The molecule has 0 aliphatic carbocycles. The van der Waals surface area contributed by atoms with Crippen molar-refractivity contribution in [2.24, 2.45) is 0 Å². The van der Waals surface area contributed by atoms with Gasteiger partial charge in [0, 0.05) is 19.3 Å². The highest BCUT2D eigenvalue weighted by Crippen LogP contribution is 2.37. The summed E-state index contributed by atoms with van der Waals surface area (Å²) in [5, 5.41) is 2.89. The van der Waals surface area contributed by atoms with Gasteiger partial charge in [-0.15, -0.1) is 0 Å². The summed E-state index contributed by atoms with van der Waals surface area (Å²) in [6, 6.07) is 15.7. The second-order valence-electron chi connectivity index (χ2n) is 6.87. The van der Waals surface area contributed by atoms with E-state index in [4.69, 9.17) is 0 Å². The van der Waals surface area contributed by atoms with Crippen LogP contribution in [0.1, 0.15) is 30.5 Å². The molecule has 0 radical (unpaired) electrons. The number of carbonyl (C=O) groups is 2. The molecule has 2 aromatic rings. The topological polar surface area (TPSA) is 49.4 Å². The van der Waals surface area contributed by atoms with Crippen LogP contribution in [0, 0.1) is 0 Å². The lowest BCUT2D eigenvalue weighted by atomic mass is 9.85. The zero-order valence-electron chi connectivity index (χ0n) is 14.3. The molecule has 1 heterocycles. The highest BCUT2D eigenvalue weighted by atomic mass is 16.2. The van der Waals surface area contributed by atoms with Gasteiger partial charge in [-0.25, -0.2) is 0 Å². The third kappa shape index (κ3) is 3.04. The van der Waals surface area contributed by atoms with Crippen molar-refractivity contribution >= 4 is 17.5 Å². The molecule has 0 saturated heterocycles. The summed E-state index contributed by atoms with van der Waals surface area (Å²) in [7, 11) is 1.82. The number of hydrogen-bond acceptors (Lipinski definition) is 2. The van der Waals surface area contributed by atoms with Crippen LogP contribution >= 0.6 is 0 Å². The first kappa shape index (κ1) is 16.2. The van der Waals surface area contributed by atoms with Crippen LogP contribution in [0.25, 0.3) is 0 Å². The molecule has 2 amide bonds. The smallest absolute Gasteiger partial charge is 0.234 e. The molecule has 1 N–H and O–H groups in total. The lowest BCUT2D eigenvalue weighted by Crippen LogP contribution is -2.28. The predicted molar refractivity (Wildman–Crippen MR) is 94.7 cm³/mol. The molecule has 124 valence electrons. The number of anilines is 1. The molecule has 24 heavy (non-hydrogen) atoms. The zero-order chi connectivity index (χ0) is 17.3. The molecule has 0 saturated carbocycles. The van der Waals surface area contributed by atoms with Crippen molar-refractivity contribution in [3.8, 4) is 0 Å². The summed E-state index contributed by atoms with van der Waals surface area (Å²) >= 11 is 0. The maximum atomic E-state index is 12.5. The quantitative estimate of drug-likeness (QED) is 0.940. The summed E-state index contributed by atoms with van der Waals surface area (Å²) < 4.78 is 0. The van der Waals surface area contributed by atoms with E-state index >= 15 is 0 Å². The van der Waals surface area contributed by atoms with Crippen LogP contribution in [0.5, 0.6) is 0 Å². The molecule has 2 aromatic carbocycles. The number of amides is 2. The molecule has 1 aliphatic heterocycles. The van der Waals surface area contributed by atoms with E-state index in [0.29, 0.717) is 13.0 Å². The molecule has 0 spiro atoms. The molecule has 0 unspecified atom stereocenters. The Balaban J connectivity index is 1.72. The highest BCUT2D eigenvalue weighted by Gasteiger charge is 2.38. The Morgan fingerprint density at radius 1 is 1.08 bits per heavy atom. The Hall–Kier alpha value is -2.62. The fraction of sp³-hybridized carbons (Fsp3) is 0.300. The Bertz CT molecular complexity index is 781. The van der Waals surface area contributed by atoms with Crippen molar-refractivity contribution in [1.29, 1.82) is 0 Å². The number of fused-ring (bicyclic) bond motifs is 1. The number of nitrogens with zero attached hydrogens (tertiary/aromatic N) is 1. The summed E-state index contributed by atoms with van der Waals surface area (Å²) in [6.07, 6.45) is 0.334. The van der Waals surface area contributed by atoms with Gasteiger partial charge in [0.15, 0.2) is 0 Å². The minimum absolute atomic E-state index is 0.00201. The van der Waals surface area contributed by atoms with E-state index in [0.717, 1.165) is 22.4 Å². The number of rotatable bonds is 4. The Kier molecular flexibility index (Phi) is 4.14. The van der Waals surface area contributed by atoms with Crippen LogP contribution < -0.4 is 5.32 Å². The van der Waals surface area contributed by atoms with Crippen molar-refractivity contribution in [2.45, 2.75) is 32.2 Å². The number of nitrogens with one attached hydrogen (secondary N) is 1. The van der Waals surface area contributed by atoms with Crippen LogP contribution in [-0.2, 0) is 28.0 Å². The first-order valence-corrected chi connectivity index (χ1v) is 8.10. The number of likely N-dealkylation sites (N-methyl/N-ethyl adjacent to an activating group) is 1. The number of carbonyl (C=O) groups excluding carboxylic acids is 2. The molecule has 0 aromatic heterocycles. The first-order chi connectivity index (χ1) is 11.4. The normalized spacial score (nSPS) is 14.9. The molecule has 4 heteroatoms. The minimum atomic E-state index is -0.551. The van der Waals surface area contributed by atoms with Crippen molar-refractivity contribution in [2.75, 3.05) is 12.4 Å². The molecule has 0 fully saturated rings. The monoisotopic (exact) mass is 322 g/mol. The number of benzene rings is 2. The molecule has 4 nitrogen and oxygen atoms in total. The van der Waals surface area contributed by atoms with Gasteiger partial charge in [0.1, 0.15) is 0 Å². The second kappa shape index (κ2) is 6.11. The molecule has 0 atom stereocenters. The van der Waals surface area contributed by atoms with Crippen molar-refractivity contribution in [3.05, 3.63) is 65.2 Å². The highest BCUT2D eigenvalue weighted by molar-refractivity contribution is 6.05. The van der Waals surface area contributed by atoms with E-state index in [1.54, 1.807) is 4.90 Å².